The number of fused-ring (bicyclic) bond motifs is 1. The Morgan fingerprint density at radius 1 is 1.19 bits per heavy atom. The number of aromatic nitrogens is 1. The van der Waals surface area contributed by atoms with Crippen molar-refractivity contribution in [2.75, 3.05) is 5.32 Å². The summed E-state index contributed by atoms with van der Waals surface area (Å²) in [6.45, 7) is 2.61. The van der Waals surface area contributed by atoms with E-state index in [2.05, 4.69) is 26.2 Å². The van der Waals surface area contributed by atoms with Crippen LogP contribution in [0.3, 0.4) is 0 Å². The molecule has 3 aromatic rings. The summed E-state index contributed by atoms with van der Waals surface area (Å²) < 4.78 is 14.0. The molecule has 1 aromatic heterocycles. The molecule has 0 aliphatic carbocycles. The standard InChI is InChI=1S/C17H14BrFN2/c1-11-4-7-16(13-3-2-8-20-17(11)13)21-10-12-5-6-14(18)15(19)9-12/h2-9,21H,10H2,1H3. The third-order valence-electron chi connectivity index (χ3n) is 3.44. The third kappa shape index (κ3) is 2.90. The number of halogens is 2. The van der Waals surface area contributed by atoms with E-state index < -0.39 is 0 Å². The molecule has 106 valence electrons. The predicted molar refractivity (Wildman–Crippen MR) is 87.9 cm³/mol. The highest BCUT2D eigenvalue weighted by Gasteiger charge is 2.05. The Bertz CT molecular complexity index is 802. The molecule has 0 bridgehead atoms. The van der Waals surface area contributed by atoms with Gasteiger partial charge in [0.2, 0.25) is 0 Å². The van der Waals surface area contributed by atoms with Crippen LogP contribution >= 0.6 is 15.9 Å². The zero-order valence-electron chi connectivity index (χ0n) is 11.5. The fourth-order valence-corrected chi connectivity index (χ4v) is 2.56. The van der Waals surface area contributed by atoms with Crippen molar-refractivity contribution in [2.24, 2.45) is 0 Å². The molecule has 1 N–H and O–H groups in total. The molecule has 0 fully saturated rings. The van der Waals surface area contributed by atoms with Gasteiger partial charge in [-0.1, -0.05) is 12.1 Å². The van der Waals surface area contributed by atoms with Gasteiger partial charge < -0.3 is 5.32 Å². The molecule has 0 amide bonds. The van der Waals surface area contributed by atoms with Crippen LogP contribution in [0.15, 0.2) is 53.1 Å². The van der Waals surface area contributed by atoms with Crippen molar-refractivity contribution in [3.63, 3.8) is 0 Å². The van der Waals surface area contributed by atoms with E-state index in [0.29, 0.717) is 11.0 Å². The first kappa shape index (κ1) is 14.0. The summed E-state index contributed by atoms with van der Waals surface area (Å²) in [7, 11) is 0. The Kier molecular flexibility index (Phi) is 3.88. The molecule has 0 aliphatic rings. The number of hydrogen-bond acceptors (Lipinski definition) is 2. The van der Waals surface area contributed by atoms with Crippen LogP contribution in [0.2, 0.25) is 0 Å². The second-order valence-corrected chi connectivity index (χ2v) is 5.79. The van der Waals surface area contributed by atoms with Gasteiger partial charge >= 0.3 is 0 Å². The number of rotatable bonds is 3. The van der Waals surface area contributed by atoms with Crippen LogP contribution < -0.4 is 5.32 Å². The van der Waals surface area contributed by atoms with Gasteiger partial charge in [-0.2, -0.15) is 0 Å². The number of hydrogen-bond donors (Lipinski definition) is 1. The van der Waals surface area contributed by atoms with Crippen LogP contribution in [0.1, 0.15) is 11.1 Å². The second kappa shape index (κ2) is 5.82. The summed E-state index contributed by atoms with van der Waals surface area (Å²) in [5.74, 6) is -0.246. The number of benzene rings is 2. The molecule has 0 unspecified atom stereocenters. The maximum Gasteiger partial charge on any atom is 0.137 e. The average Bonchev–Trinajstić information content (AvgIpc) is 2.50. The molecular weight excluding hydrogens is 331 g/mol. The van der Waals surface area contributed by atoms with Gasteiger partial charge in [0.05, 0.1) is 9.99 Å². The third-order valence-corrected chi connectivity index (χ3v) is 4.08. The van der Waals surface area contributed by atoms with E-state index in [1.165, 1.54) is 6.07 Å². The molecular formula is C17H14BrFN2. The Morgan fingerprint density at radius 3 is 2.86 bits per heavy atom. The maximum atomic E-state index is 13.5. The first-order chi connectivity index (χ1) is 10.1. The second-order valence-electron chi connectivity index (χ2n) is 4.93. The SMILES string of the molecule is Cc1ccc(NCc2ccc(Br)c(F)c2)c2cccnc12. The Hall–Kier alpha value is -1.94. The highest BCUT2D eigenvalue weighted by Crippen LogP contribution is 2.25. The van der Waals surface area contributed by atoms with Crippen molar-refractivity contribution >= 4 is 32.5 Å². The van der Waals surface area contributed by atoms with Gasteiger partial charge in [0.15, 0.2) is 0 Å². The zero-order valence-corrected chi connectivity index (χ0v) is 13.1. The van der Waals surface area contributed by atoms with Crippen molar-refractivity contribution < 1.29 is 4.39 Å². The lowest BCUT2D eigenvalue weighted by atomic mass is 10.1. The van der Waals surface area contributed by atoms with Crippen molar-refractivity contribution in [1.29, 1.82) is 0 Å². The van der Waals surface area contributed by atoms with E-state index in [4.69, 9.17) is 0 Å². The molecule has 0 atom stereocenters. The number of pyridine rings is 1. The van der Waals surface area contributed by atoms with Gasteiger partial charge in [-0.05, 0) is 64.3 Å². The lowest BCUT2D eigenvalue weighted by molar-refractivity contribution is 0.619. The normalized spacial score (nSPS) is 10.8. The Balaban J connectivity index is 1.88. The van der Waals surface area contributed by atoms with Gasteiger partial charge in [-0.25, -0.2) is 4.39 Å². The Morgan fingerprint density at radius 2 is 2.05 bits per heavy atom. The number of nitrogens with zero attached hydrogens (tertiary/aromatic N) is 1. The minimum Gasteiger partial charge on any atom is -0.380 e. The van der Waals surface area contributed by atoms with E-state index in [-0.39, 0.29) is 5.82 Å². The lowest BCUT2D eigenvalue weighted by Gasteiger charge is -2.11. The Labute approximate surface area is 131 Å². The average molecular weight is 345 g/mol. The first-order valence-corrected chi connectivity index (χ1v) is 7.46. The topological polar surface area (TPSA) is 24.9 Å². The van der Waals surface area contributed by atoms with Gasteiger partial charge in [0.1, 0.15) is 5.82 Å². The highest BCUT2D eigenvalue weighted by atomic mass is 79.9. The summed E-state index contributed by atoms with van der Waals surface area (Å²) in [5, 5.41) is 4.43. The maximum absolute atomic E-state index is 13.5. The minimum atomic E-state index is -0.246. The first-order valence-electron chi connectivity index (χ1n) is 6.67. The molecule has 21 heavy (non-hydrogen) atoms. The van der Waals surface area contributed by atoms with Crippen molar-refractivity contribution in [3.05, 3.63) is 70.1 Å². The van der Waals surface area contributed by atoms with Crippen LogP contribution in [0, 0.1) is 12.7 Å². The van der Waals surface area contributed by atoms with Crippen LogP contribution in [-0.4, -0.2) is 4.98 Å². The quantitative estimate of drug-likeness (QED) is 0.718. The number of anilines is 1. The summed E-state index contributed by atoms with van der Waals surface area (Å²) in [6, 6.07) is 13.2. The number of aryl methyl sites for hydroxylation is 1. The highest BCUT2D eigenvalue weighted by molar-refractivity contribution is 9.10. The van der Waals surface area contributed by atoms with Crippen LogP contribution in [-0.2, 0) is 6.54 Å². The van der Waals surface area contributed by atoms with E-state index in [1.54, 1.807) is 12.3 Å². The van der Waals surface area contributed by atoms with E-state index in [0.717, 1.165) is 27.7 Å². The largest absolute Gasteiger partial charge is 0.380 e. The fraction of sp³-hybridized carbons (Fsp3) is 0.118. The number of nitrogens with one attached hydrogen (secondary N) is 1. The minimum absolute atomic E-state index is 0.246. The molecule has 4 heteroatoms. The van der Waals surface area contributed by atoms with Crippen molar-refractivity contribution in [1.82, 2.24) is 4.98 Å². The summed E-state index contributed by atoms with van der Waals surface area (Å²) >= 11 is 3.16. The fourth-order valence-electron chi connectivity index (χ4n) is 2.31. The van der Waals surface area contributed by atoms with Crippen molar-refractivity contribution in [2.45, 2.75) is 13.5 Å². The summed E-state index contributed by atoms with van der Waals surface area (Å²) in [6.07, 6.45) is 1.79. The summed E-state index contributed by atoms with van der Waals surface area (Å²) in [5.41, 5.74) is 4.04. The molecule has 1 heterocycles. The van der Waals surface area contributed by atoms with Crippen molar-refractivity contribution in [3.8, 4) is 0 Å². The van der Waals surface area contributed by atoms with E-state index >= 15 is 0 Å². The molecule has 0 spiro atoms. The van der Waals surface area contributed by atoms with Gasteiger partial charge in [-0.15, -0.1) is 0 Å². The molecule has 0 aliphatic heterocycles. The molecule has 0 saturated carbocycles. The molecule has 2 nitrogen and oxygen atoms in total. The van der Waals surface area contributed by atoms with Crippen LogP contribution in [0.25, 0.3) is 10.9 Å². The zero-order chi connectivity index (χ0) is 14.8. The van der Waals surface area contributed by atoms with Gasteiger partial charge in [-0.3, -0.25) is 4.98 Å². The van der Waals surface area contributed by atoms with E-state index in [9.17, 15) is 4.39 Å². The molecule has 0 saturated heterocycles. The van der Waals surface area contributed by atoms with Gasteiger partial charge in [0, 0.05) is 23.8 Å². The lowest BCUT2D eigenvalue weighted by Crippen LogP contribution is -2.01. The smallest absolute Gasteiger partial charge is 0.137 e. The molecule has 3 rings (SSSR count). The van der Waals surface area contributed by atoms with Crippen LogP contribution in [0.5, 0.6) is 0 Å². The van der Waals surface area contributed by atoms with Gasteiger partial charge in [0.25, 0.3) is 0 Å². The monoisotopic (exact) mass is 344 g/mol. The molecule has 0 radical (unpaired) electrons. The summed E-state index contributed by atoms with van der Waals surface area (Å²) in [4.78, 5) is 4.42. The predicted octanol–water partition coefficient (Wildman–Crippen LogP) is 5.06. The van der Waals surface area contributed by atoms with Crippen LogP contribution in [0.4, 0.5) is 10.1 Å². The molecule has 2 aromatic carbocycles. The van der Waals surface area contributed by atoms with E-state index in [1.807, 2.05) is 37.3 Å².